The van der Waals surface area contributed by atoms with Crippen LogP contribution in [0.3, 0.4) is 0 Å². The lowest BCUT2D eigenvalue weighted by Gasteiger charge is -2.48. The highest BCUT2D eigenvalue weighted by Gasteiger charge is 2.55. The molecular weight excluding hydrogens is 590 g/mol. The SMILES string of the molecule is CC(=O)N[C@H]1[C@H](O[C@@H]2[C@H](OS(=O)(=O)O)[C@@H](O)[C@H](O[C@H]3[C@H](O)[C@@H](O)[C@H](O)O[C@@H]3CO)O[C@@H]2CO)O[C@H](CO)[C@H](O)[C@@H]1O. The van der Waals surface area contributed by atoms with Crippen LogP contribution in [0.5, 0.6) is 0 Å². The minimum absolute atomic E-state index is 0.738. The first-order chi connectivity index (χ1) is 19.1. The van der Waals surface area contributed by atoms with Crippen molar-refractivity contribution in [2.24, 2.45) is 0 Å². The second kappa shape index (κ2) is 14.0. The number of rotatable bonds is 10. The third-order valence-electron chi connectivity index (χ3n) is 6.70. The van der Waals surface area contributed by atoms with E-state index in [9.17, 15) is 63.7 Å². The molecule has 0 saturated carbocycles. The lowest BCUT2D eigenvalue weighted by molar-refractivity contribution is -0.369. The highest BCUT2D eigenvalue weighted by atomic mass is 32.3. The summed E-state index contributed by atoms with van der Waals surface area (Å²) in [6.07, 6.45) is -26.0. The van der Waals surface area contributed by atoms with E-state index >= 15 is 0 Å². The summed E-state index contributed by atoms with van der Waals surface area (Å²) in [5.74, 6) is -0.738. The van der Waals surface area contributed by atoms with E-state index < -0.39 is 128 Å². The van der Waals surface area contributed by atoms with E-state index in [1.165, 1.54) is 0 Å². The van der Waals surface area contributed by atoms with Crippen molar-refractivity contribution >= 4 is 16.3 Å². The summed E-state index contributed by atoms with van der Waals surface area (Å²) in [5.41, 5.74) is 0. The molecule has 0 radical (unpaired) electrons. The van der Waals surface area contributed by atoms with Crippen molar-refractivity contribution in [2.75, 3.05) is 19.8 Å². The largest absolute Gasteiger partial charge is 0.397 e. The maximum atomic E-state index is 11.7. The molecular formula is C20H35NO19S. The summed E-state index contributed by atoms with van der Waals surface area (Å²) in [6, 6.07) is -1.56. The van der Waals surface area contributed by atoms with Crippen LogP contribution >= 0.6 is 0 Å². The molecule has 0 aliphatic carbocycles. The standard InChI is InChI=1S/C20H35NO19S/c1-5(25)21-9-11(27)10(26)6(2-22)36-19(9)39-16-8(4-24)37-20(14(30)17(16)40-41(32,33)34)38-15-7(3-23)35-18(31)13(29)12(15)28/h6-20,22-24,26-31H,2-4H2,1H3,(H,21,25)(H,32,33,34)/t6-,7-,8-,9-,10+,11-,12-,13-,14-,15-,16+,17-,18-,19+,20+/m1/s1. The molecule has 20 nitrogen and oxygen atoms in total. The van der Waals surface area contributed by atoms with Crippen LogP contribution < -0.4 is 5.32 Å². The van der Waals surface area contributed by atoms with Crippen molar-refractivity contribution in [1.29, 1.82) is 0 Å². The predicted octanol–water partition coefficient (Wildman–Crippen LogP) is -7.60. The molecule has 11 N–H and O–H groups in total. The van der Waals surface area contributed by atoms with Gasteiger partial charge in [-0.05, 0) is 0 Å². The Bertz CT molecular complexity index is 970. The van der Waals surface area contributed by atoms with Crippen molar-refractivity contribution < 1.29 is 91.6 Å². The van der Waals surface area contributed by atoms with Crippen LogP contribution in [0.4, 0.5) is 0 Å². The van der Waals surface area contributed by atoms with Gasteiger partial charge in [-0.2, -0.15) is 8.42 Å². The molecule has 0 spiro atoms. The first-order valence-electron chi connectivity index (χ1n) is 12.2. The molecule has 3 rings (SSSR count). The first kappa shape index (κ1) is 34.3. The number of carbonyl (C=O) groups is 1. The Balaban J connectivity index is 1.92. The van der Waals surface area contributed by atoms with Crippen LogP contribution in [0.1, 0.15) is 6.92 Å². The molecule has 0 bridgehead atoms. The van der Waals surface area contributed by atoms with Crippen molar-refractivity contribution in [2.45, 2.75) is 99.0 Å². The van der Waals surface area contributed by atoms with Gasteiger partial charge < -0.3 is 75.0 Å². The van der Waals surface area contributed by atoms with Gasteiger partial charge in [0.15, 0.2) is 18.9 Å². The number of aliphatic hydroxyl groups excluding tert-OH is 9. The third kappa shape index (κ3) is 7.84. The molecule has 41 heavy (non-hydrogen) atoms. The highest BCUT2D eigenvalue weighted by Crippen LogP contribution is 2.33. The van der Waals surface area contributed by atoms with Gasteiger partial charge in [0.1, 0.15) is 73.2 Å². The Morgan fingerprint density at radius 2 is 1.24 bits per heavy atom. The van der Waals surface area contributed by atoms with E-state index in [1.807, 2.05) is 0 Å². The molecule has 0 aromatic rings. The Kier molecular flexibility index (Phi) is 11.7. The molecule has 15 atom stereocenters. The number of hydrogen-bond acceptors (Lipinski definition) is 18. The zero-order valence-corrected chi connectivity index (χ0v) is 22.2. The maximum Gasteiger partial charge on any atom is 0.397 e. The quantitative estimate of drug-likeness (QED) is 0.100. The zero-order chi connectivity index (χ0) is 30.8. The Morgan fingerprint density at radius 1 is 0.707 bits per heavy atom. The van der Waals surface area contributed by atoms with Gasteiger partial charge in [-0.15, -0.1) is 0 Å². The monoisotopic (exact) mass is 625 g/mol. The fourth-order valence-electron chi connectivity index (χ4n) is 4.70. The topological polar surface area (TPSA) is 321 Å². The summed E-state index contributed by atoms with van der Waals surface area (Å²) in [5, 5.41) is 93.0. The predicted molar refractivity (Wildman–Crippen MR) is 123 cm³/mol. The van der Waals surface area contributed by atoms with Crippen LogP contribution in [0.15, 0.2) is 0 Å². The second-order valence-corrected chi connectivity index (χ2v) is 10.6. The summed E-state index contributed by atoms with van der Waals surface area (Å²) in [4.78, 5) is 11.7. The molecule has 3 heterocycles. The molecule has 3 aliphatic heterocycles. The average molecular weight is 626 g/mol. The first-order valence-corrected chi connectivity index (χ1v) is 13.6. The Labute approximate surface area is 232 Å². The third-order valence-corrected chi connectivity index (χ3v) is 7.17. The minimum Gasteiger partial charge on any atom is -0.394 e. The van der Waals surface area contributed by atoms with Gasteiger partial charge in [-0.1, -0.05) is 0 Å². The summed E-state index contributed by atoms with van der Waals surface area (Å²) >= 11 is 0. The fourth-order valence-corrected chi connectivity index (χ4v) is 5.20. The Hall–Kier alpha value is -1.22. The number of amides is 1. The molecule has 3 aliphatic rings. The van der Waals surface area contributed by atoms with E-state index in [-0.39, 0.29) is 0 Å². The molecule has 240 valence electrons. The number of nitrogens with one attached hydrogen (secondary N) is 1. The van der Waals surface area contributed by atoms with E-state index in [0.29, 0.717) is 0 Å². The average Bonchev–Trinajstić information content (AvgIpc) is 2.90. The second-order valence-electron chi connectivity index (χ2n) is 9.57. The number of carbonyl (C=O) groups excluding carboxylic acids is 1. The summed E-state index contributed by atoms with van der Waals surface area (Å²) in [6.45, 7) is -1.71. The summed E-state index contributed by atoms with van der Waals surface area (Å²) < 4.78 is 64.2. The van der Waals surface area contributed by atoms with Gasteiger partial charge in [0, 0.05) is 6.92 Å². The smallest absolute Gasteiger partial charge is 0.394 e. The maximum absolute atomic E-state index is 11.7. The van der Waals surface area contributed by atoms with Gasteiger partial charge in [0.25, 0.3) is 0 Å². The Morgan fingerprint density at radius 3 is 1.78 bits per heavy atom. The van der Waals surface area contributed by atoms with Gasteiger partial charge >= 0.3 is 10.4 Å². The van der Waals surface area contributed by atoms with Crippen molar-refractivity contribution in [3.8, 4) is 0 Å². The molecule has 0 aromatic heterocycles. The van der Waals surface area contributed by atoms with Gasteiger partial charge in [-0.25, -0.2) is 4.18 Å². The van der Waals surface area contributed by atoms with E-state index in [1.54, 1.807) is 0 Å². The zero-order valence-electron chi connectivity index (χ0n) is 21.3. The van der Waals surface area contributed by atoms with E-state index in [0.717, 1.165) is 6.92 Å². The van der Waals surface area contributed by atoms with Crippen LogP contribution in [-0.2, 0) is 43.1 Å². The van der Waals surface area contributed by atoms with E-state index in [2.05, 4.69) is 9.50 Å². The molecule has 21 heteroatoms. The summed E-state index contributed by atoms with van der Waals surface area (Å²) in [7, 11) is -5.39. The van der Waals surface area contributed by atoms with Crippen molar-refractivity contribution in [3.05, 3.63) is 0 Å². The van der Waals surface area contributed by atoms with Gasteiger partial charge in [0.2, 0.25) is 5.91 Å². The lowest BCUT2D eigenvalue weighted by atomic mass is 9.95. The van der Waals surface area contributed by atoms with Gasteiger partial charge in [0.05, 0.1) is 19.8 Å². The molecule has 3 fully saturated rings. The minimum atomic E-state index is -5.39. The number of ether oxygens (including phenoxy) is 5. The number of aliphatic hydroxyl groups is 9. The van der Waals surface area contributed by atoms with Crippen LogP contribution in [0, 0.1) is 0 Å². The fraction of sp³-hybridized carbons (Fsp3) is 0.950. The van der Waals surface area contributed by atoms with Crippen molar-refractivity contribution in [1.82, 2.24) is 5.32 Å². The molecule has 1 amide bonds. The van der Waals surface area contributed by atoms with Crippen LogP contribution in [0.25, 0.3) is 0 Å². The van der Waals surface area contributed by atoms with Crippen LogP contribution in [-0.4, -0.2) is 177 Å². The van der Waals surface area contributed by atoms with Crippen LogP contribution in [0.2, 0.25) is 0 Å². The van der Waals surface area contributed by atoms with E-state index in [4.69, 9.17) is 23.7 Å². The number of hydrogen-bond donors (Lipinski definition) is 11. The molecule has 3 saturated heterocycles. The molecule has 0 unspecified atom stereocenters. The normalized spacial score (nSPS) is 45.8. The highest BCUT2D eigenvalue weighted by molar-refractivity contribution is 7.80. The lowest BCUT2D eigenvalue weighted by Crippen LogP contribution is -2.68. The molecule has 0 aromatic carbocycles. The van der Waals surface area contributed by atoms with Gasteiger partial charge in [-0.3, -0.25) is 9.35 Å². The van der Waals surface area contributed by atoms with Crippen molar-refractivity contribution in [3.63, 3.8) is 0 Å².